The number of aliphatic carboxylic acids is 3. The Kier molecular flexibility index (Phi) is 13.8. The van der Waals surface area contributed by atoms with Crippen LogP contribution in [0.2, 0.25) is 0 Å². The summed E-state index contributed by atoms with van der Waals surface area (Å²) in [6.07, 6.45) is -13.4. The van der Waals surface area contributed by atoms with Crippen LogP contribution < -0.4 is 0 Å². The highest BCUT2D eigenvalue weighted by molar-refractivity contribution is 5.73. The third kappa shape index (κ3) is 13.7. The highest BCUT2D eigenvalue weighted by Gasteiger charge is 2.50. The Morgan fingerprint density at radius 3 is 1.75 bits per heavy atom. The summed E-state index contributed by atoms with van der Waals surface area (Å²) in [7, 11) is 4.32. The van der Waals surface area contributed by atoms with Gasteiger partial charge in [0.05, 0.1) is 18.9 Å². The Balaban J connectivity index is 0.000000603. The second kappa shape index (κ2) is 15.0. The van der Waals surface area contributed by atoms with Crippen LogP contribution in [0.15, 0.2) is 24.4 Å². The first kappa shape index (κ1) is 36.8. The Hall–Kier alpha value is -3.19. The number of ether oxygens (including phenoxy) is 1. The van der Waals surface area contributed by atoms with Crippen molar-refractivity contribution in [2.24, 2.45) is 11.3 Å². The van der Waals surface area contributed by atoms with Crippen LogP contribution >= 0.6 is 0 Å². The molecule has 0 spiro atoms. The van der Waals surface area contributed by atoms with Crippen LogP contribution in [0.25, 0.3) is 0 Å². The lowest BCUT2D eigenvalue weighted by Crippen LogP contribution is -2.40. The van der Waals surface area contributed by atoms with Crippen LogP contribution in [0.1, 0.15) is 5.69 Å². The number of aromatic nitrogens is 1. The molecule has 10 nitrogen and oxygen atoms in total. The van der Waals surface area contributed by atoms with Crippen molar-refractivity contribution in [1.82, 2.24) is 14.8 Å². The fourth-order valence-electron chi connectivity index (χ4n) is 3.64. The number of carbonyl (C=O) groups is 3. The number of carboxylic acids is 3. The maximum Gasteiger partial charge on any atom is 0.490 e. The number of carboxylic acid groups (broad SMARTS) is 3. The largest absolute Gasteiger partial charge is 0.490 e. The molecule has 0 unspecified atom stereocenters. The van der Waals surface area contributed by atoms with Crippen LogP contribution in [0, 0.1) is 11.3 Å². The van der Waals surface area contributed by atoms with E-state index < -0.39 is 36.4 Å². The van der Waals surface area contributed by atoms with E-state index in [-0.39, 0.29) is 0 Å². The van der Waals surface area contributed by atoms with E-state index in [1.807, 2.05) is 12.3 Å². The monoisotopic (exact) mass is 603 g/mol. The van der Waals surface area contributed by atoms with Gasteiger partial charge in [-0.2, -0.15) is 39.5 Å². The lowest BCUT2D eigenvalue weighted by Gasteiger charge is -2.30. The summed E-state index contributed by atoms with van der Waals surface area (Å²) in [6.45, 7) is 6.20. The molecule has 2 aliphatic heterocycles. The van der Waals surface area contributed by atoms with Gasteiger partial charge in [-0.05, 0) is 26.2 Å². The molecule has 2 fully saturated rings. The van der Waals surface area contributed by atoms with Gasteiger partial charge in [-0.1, -0.05) is 6.07 Å². The highest BCUT2D eigenvalue weighted by atomic mass is 19.4. The van der Waals surface area contributed by atoms with E-state index in [1.54, 1.807) is 0 Å². The van der Waals surface area contributed by atoms with Crippen molar-refractivity contribution in [2.75, 3.05) is 46.9 Å². The molecule has 0 bridgehead atoms. The number of halogens is 9. The summed E-state index contributed by atoms with van der Waals surface area (Å²) in [5.41, 5.74) is 1.50. The Morgan fingerprint density at radius 2 is 1.40 bits per heavy atom. The van der Waals surface area contributed by atoms with Crippen molar-refractivity contribution < 1.29 is 74.0 Å². The van der Waals surface area contributed by atoms with E-state index in [9.17, 15) is 39.5 Å². The molecule has 2 saturated heterocycles. The van der Waals surface area contributed by atoms with E-state index >= 15 is 0 Å². The quantitative estimate of drug-likeness (QED) is 0.440. The van der Waals surface area contributed by atoms with Crippen LogP contribution in [0.4, 0.5) is 39.5 Å². The molecule has 1 aromatic heterocycles. The van der Waals surface area contributed by atoms with Gasteiger partial charge in [0.1, 0.15) is 0 Å². The zero-order chi connectivity index (χ0) is 31.5. The van der Waals surface area contributed by atoms with Crippen LogP contribution in [0.3, 0.4) is 0 Å². The molecule has 2 atom stereocenters. The van der Waals surface area contributed by atoms with Crippen molar-refractivity contribution >= 4 is 17.9 Å². The minimum atomic E-state index is -5.08. The van der Waals surface area contributed by atoms with Gasteiger partial charge >= 0.3 is 36.4 Å². The molecule has 0 aliphatic carbocycles. The first-order valence-electron chi connectivity index (χ1n) is 10.8. The zero-order valence-electron chi connectivity index (χ0n) is 20.8. The van der Waals surface area contributed by atoms with E-state index in [2.05, 4.69) is 41.0 Å². The third-order valence-corrected chi connectivity index (χ3v) is 5.06. The lowest BCUT2D eigenvalue weighted by atomic mass is 9.81. The molecule has 0 amide bonds. The van der Waals surface area contributed by atoms with Gasteiger partial charge in [0.15, 0.2) is 0 Å². The van der Waals surface area contributed by atoms with Gasteiger partial charge in [-0.25, -0.2) is 14.4 Å². The fraction of sp³-hybridized carbons (Fsp3) is 0.619. The second-order valence-electron chi connectivity index (χ2n) is 8.71. The van der Waals surface area contributed by atoms with Crippen molar-refractivity contribution in [3.63, 3.8) is 0 Å². The molecule has 40 heavy (non-hydrogen) atoms. The average molecular weight is 603 g/mol. The van der Waals surface area contributed by atoms with Gasteiger partial charge in [0.25, 0.3) is 0 Å². The molecule has 230 valence electrons. The molecule has 3 N–H and O–H groups in total. The van der Waals surface area contributed by atoms with Gasteiger partial charge in [0.2, 0.25) is 0 Å². The molecule has 3 rings (SSSR count). The first-order chi connectivity index (χ1) is 18.0. The van der Waals surface area contributed by atoms with Crippen molar-refractivity contribution in [2.45, 2.75) is 25.1 Å². The number of fused-ring (bicyclic) bond motifs is 1. The van der Waals surface area contributed by atoms with Gasteiger partial charge in [-0.15, -0.1) is 0 Å². The molecule has 19 heteroatoms. The number of hydrogen-bond acceptors (Lipinski definition) is 7. The maximum absolute atomic E-state index is 10.6. The molecule has 0 saturated carbocycles. The minimum absolute atomic E-state index is 0.332. The van der Waals surface area contributed by atoms with E-state index in [1.165, 1.54) is 5.69 Å². The van der Waals surface area contributed by atoms with E-state index in [0.717, 1.165) is 39.4 Å². The SMILES string of the molecule is CN(C)C[C@]12COC[C@H]1CN(Cc1ccccn1)C2.O=C(O)C(F)(F)F.O=C(O)C(F)(F)F.O=C(O)C(F)(F)F. The number of likely N-dealkylation sites (tertiary alicyclic amines) is 1. The maximum atomic E-state index is 10.6. The summed E-state index contributed by atoms with van der Waals surface area (Å²) in [6, 6.07) is 6.16. The zero-order valence-corrected chi connectivity index (χ0v) is 20.8. The topological polar surface area (TPSA) is 140 Å². The molecular weight excluding hydrogens is 577 g/mol. The summed E-state index contributed by atoms with van der Waals surface area (Å²) in [5, 5.41) is 21.4. The fourth-order valence-corrected chi connectivity index (χ4v) is 3.64. The predicted molar refractivity (Wildman–Crippen MR) is 116 cm³/mol. The normalized spacial score (nSPS) is 20.6. The molecule has 3 heterocycles. The predicted octanol–water partition coefficient (Wildman–Crippen LogP) is 2.99. The summed E-state index contributed by atoms with van der Waals surface area (Å²) in [4.78, 5) is 36.0. The standard InChI is InChI=1S/C15H23N3O.3C2HF3O2/c1-17(2)10-15-11-18(7-13(15)9-19-12-15)8-14-5-3-4-6-16-14;3*3-2(4,5)1(6)7/h3-6,13H,7-12H2,1-2H3;3*(H,6,7)/t13-,15+;;;/m1.../s1. The first-order valence-corrected chi connectivity index (χ1v) is 10.8. The van der Waals surface area contributed by atoms with Crippen LogP contribution in [-0.4, -0.2) is 113 Å². The van der Waals surface area contributed by atoms with Crippen LogP contribution in [-0.2, 0) is 25.7 Å². The highest BCUT2D eigenvalue weighted by Crippen LogP contribution is 2.42. The number of pyridine rings is 1. The Bertz CT molecular complexity index is 901. The number of nitrogens with zero attached hydrogens (tertiary/aromatic N) is 3. The summed E-state index contributed by atoms with van der Waals surface area (Å²) in [5.74, 6) is -7.59. The smallest absolute Gasteiger partial charge is 0.475 e. The summed E-state index contributed by atoms with van der Waals surface area (Å²) >= 11 is 0. The van der Waals surface area contributed by atoms with Gasteiger partial charge in [0, 0.05) is 43.7 Å². The molecule has 0 aromatic carbocycles. The van der Waals surface area contributed by atoms with E-state index in [0.29, 0.717) is 11.3 Å². The molecule has 0 radical (unpaired) electrons. The molecule has 1 aromatic rings. The van der Waals surface area contributed by atoms with Crippen molar-refractivity contribution in [3.05, 3.63) is 30.1 Å². The van der Waals surface area contributed by atoms with Crippen molar-refractivity contribution in [3.8, 4) is 0 Å². The lowest BCUT2D eigenvalue weighted by molar-refractivity contribution is -0.193. The van der Waals surface area contributed by atoms with Gasteiger partial charge < -0.3 is 25.0 Å². The van der Waals surface area contributed by atoms with E-state index in [4.69, 9.17) is 34.4 Å². The number of rotatable bonds is 4. The summed E-state index contributed by atoms with van der Waals surface area (Å²) < 4.78 is 101. The number of hydrogen-bond donors (Lipinski definition) is 3. The van der Waals surface area contributed by atoms with Gasteiger partial charge in [-0.3, -0.25) is 9.88 Å². The van der Waals surface area contributed by atoms with Crippen LogP contribution in [0.5, 0.6) is 0 Å². The second-order valence-corrected chi connectivity index (χ2v) is 8.71. The average Bonchev–Trinajstić information content (AvgIpc) is 3.29. The minimum Gasteiger partial charge on any atom is -0.475 e. The molecular formula is C21H26F9N3O7. The Labute approximate surface area is 220 Å². The molecule has 2 aliphatic rings. The Morgan fingerprint density at radius 1 is 0.950 bits per heavy atom. The van der Waals surface area contributed by atoms with Crippen molar-refractivity contribution in [1.29, 1.82) is 0 Å². The third-order valence-electron chi connectivity index (χ3n) is 5.06. The number of alkyl halides is 9.